The third-order valence-corrected chi connectivity index (χ3v) is 4.08. The van der Waals surface area contributed by atoms with Gasteiger partial charge in [0.1, 0.15) is 0 Å². The summed E-state index contributed by atoms with van der Waals surface area (Å²) in [7, 11) is 0. The fourth-order valence-electron chi connectivity index (χ4n) is 3.08. The van der Waals surface area contributed by atoms with Crippen molar-refractivity contribution >= 4 is 11.3 Å². The van der Waals surface area contributed by atoms with Gasteiger partial charge in [-0.1, -0.05) is 20.8 Å². The van der Waals surface area contributed by atoms with Crippen LogP contribution in [0.3, 0.4) is 0 Å². The van der Waals surface area contributed by atoms with Crippen LogP contribution in [0.5, 0.6) is 0 Å². The number of rotatable bonds is 3. The molecule has 0 radical (unpaired) electrons. The molecule has 0 amide bonds. The molecule has 0 bridgehead atoms. The van der Waals surface area contributed by atoms with Crippen LogP contribution < -0.4 is 5.32 Å². The van der Waals surface area contributed by atoms with Crippen LogP contribution in [0.15, 0.2) is 10.9 Å². The molecule has 1 saturated carbocycles. The molecule has 1 aliphatic carbocycles. The zero-order chi connectivity index (χ0) is 11.6. The second-order valence-corrected chi connectivity index (χ2v) is 6.69. The van der Waals surface area contributed by atoms with Gasteiger partial charge in [0, 0.05) is 18.0 Å². The quantitative estimate of drug-likeness (QED) is 0.872. The zero-order valence-corrected chi connectivity index (χ0v) is 11.3. The number of nitrogens with one attached hydrogen (secondary N) is 1. The molecule has 1 aromatic heterocycles. The summed E-state index contributed by atoms with van der Waals surface area (Å²) in [6.07, 6.45) is 3.97. The van der Waals surface area contributed by atoms with Gasteiger partial charge in [0.15, 0.2) is 0 Å². The van der Waals surface area contributed by atoms with Gasteiger partial charge in [-0.15, -0.1) is 11.3 Å². The third kappa shape index (κ3) is 3.29. The minimum Gasteiger partial charge on any atom is -0.308 e. The van der Waals surface area contributed by atoms with Gasteiger partial charge < -0.3 is 5.32 Å². The fourth-order valence-corrected chi connectivity index (χ4v) is 3.63. The van der Waals surface area contributed by atoms with Crippen LogP contribution >= 0.6 is 11.3 Å². The van der Waals surface area contributed by atoms with Crippen LogP contribution in [0.4, 0.5) is 0 Å². The molecule has 0 spiro atoms. The molecule has 0 aromatic carbocycles. The monoisotopic (exact) mass is 238 g/mol. The van der Waals surface area contributed by atoms with E-state index in [1.165, 1.54) is 25.0 Å². The van der Waals surface area contributed by atoms with Crippen LogP contribution in [-0.2, 0) is 6.54 Å². The molecule has 1 fully saturated rings. The molecular weight excluding hydrogens is 216 g/mol. The number of nitrogens with zero attached hydrogens (tertiary/aromatic N) is 1. The Morgan fingerprint density at radius 3 is 2.94 bits per heavy atom. The first-order valence-electron chi connectivity index (χ1n) is 6.16. The van der Waals surface area contributed by atoms with E-state index in [0.29, 0.717) is 11.5 Å². The topological polar surface area (TPSA) is 24.9 Å². The van der Waals surface area contributed by atoms with Crippen LogP contribution in [-0.4, -0.2) is 11.0 Å². The Kier molecular flexibility index (Phi) is 3.65. The van der Waals surface area contributed by atoms with Crippen molar-refractivity contribution in [2.24, 2.45) is 11.3 Å². The van der Waals surface area contributed by atoms with E-state index in [0.717, 1.165) is 12.5 Å². The van der Waals surface area contributed by atoms with Crippen molar-refractivity contribution in [1.82, 2.24) is 10.3 Å². The first-order chi connectivity index (χ1) is 7.55. The van der Waals surface area contributed by atoms with Crippen LogP contribution in [0, 0.1) is 11.3 Å². The van der Waals surface area contributed by atoms with Crippen molar-refractivity contribution in [2.45, 2.75) is 52.6 Å². The van der Waals surface area contributed by atoms with Gasteiger partial charge in [0.05, 0.1) is 11.2 Å². The highest BCUT2D eigenvalue weighted by molar-refractivity contribution is 7.07. The van der Waals surface area contributed by atoms with Gasteiger partial charge in [0.2, 0.25) is 0 Å². The minimum absolute atomic E-state index is 0.497. The maximum Gasteiger partial charge on any atom is 0.0795 e. The number of aromatic nitrogens is 1. The van der Waals surface area contributed by atoms with Crippen molar-refractivity contribution < 1.29 is 0 Å². The molecular formula is C13H22N2S. The molecule has 2 rings (SSSR count). The van der Waals surface area contributed by atoms with E-state index in [4.69, 9.17) is 0 Å². The molecule has 3 heteroatoms. The summed E-state index contributed by atoms with van der Waals surface area (Å²) in [6, 6.07) is 0.667. The molecule has 1 N–H and O–H groups in total. The summed E-state index contributed by atoms with van der Waals surface area (Å²) in [6.45, 7) is 8.08. The van der Waals surface area contributed by atoms with Gasteiger partial charge in [-0.05, 0) is 30.6 Å². The molecule has 0 saturated heterocycles. The summed E-state index contributed by atoms with van der Waals surface area (Å²) >= 11 is 1.68. The second kappa shape index (κ2) is 4.84. The van der Waals surface area contributed by atoms with E-state index in [1.807, 2.05) is 5.51 Å². The van der Waals surface area contributed by atoms with Gasteiger partial charge in [-0.3, -0.25) is 0 Å². The first-order valence-corrected chi connectivity index (χ1v) is 7.10. The summed E-state index contributed by atoms with van der Waals surface area (Å²) in [5.74, 6) is 0.844. The lowest BCUT2D eigenvalue weighted by molar-refractivity contribution is 0.150. The van der Waals surface area contributed by atoms with Gasteiger partial charge in [0.25, 0.3) is 0 Å². The summed E-state index contributed by atoms with van der Waals surface area (Å²) in [5, 5.41) is 5.78. The number of hydrogen-bond acceptors (Lipinski definition) is 3. The van der Waals surface area contributed by atoms with Crippen LogP contribution in [0.2, 0.25) is 0 Å². The first kappa shape index (κ1) is 12.1. The van der Waals surface area contributed by atoms with Crippen molar-refractivity contribution in [3.05, 3.63) is 16.6 Å². The smallest absolute Gasteiger partial charge is 0.0795 e. The Morgan fingerprint density at radius 1 is 1.50 bits per heavy atom. The molecule has 90 valence electrons. The standard InChI is InChI=1S/C13H22N2S/c1-10-4-11(6-13(2,3)5-10)14-7-12-8-16-9-15-12/h8-11,14H,4-7H2,1-3H3. The predicted octanol–water partition coefficient (Wildman–Crippen LogP) is 3.45. The maximum absolute atomic E-state index is 4.31. The summed E-state index contributed by atoms with van der Waals surface area (Å²) in [5.41, 5.74) is 3.59. The molecule has 2 nitrogen and oxygen atoms in total. The SMILES string of the molecule is CC1CC(NCc2cscn2)CC(C)(C)C1. The molecule has 16 heavy (non-hydrogen) atoms. The molecule has 2 unspecified atom stereocenters. The lowest BCUT2D eigenvalue weighted by Crippen LogP contribution is -2.39. The number of thiazole rings is 1. The molecule has 1 aromatic rings. The summed E-state index contributed by atoms with van der Waals surface area (Å²) in [4.78, 5) is 4.31. The lowest BCUT2D eigenvalue weighted by atomic mass is 9.70. The summed E-state index contributed by atoms with van der Waals surface area (Å²) < 4.78 is 0. The minimum atomic E-state index is 0.497. The van der Waals surface area contributed by atoms with Crippen molar-refractivity contribution in [1.29, 1.82) is 0 Å². The molecule has 1 heterocycles. The average molecular weight is 238 g/mol. The van der Waals surface area contributed by atoms with Gasteiger partial charge in [-0.2, -0.15) is 0 Å². The van der Waals surface area contributed by atoms with Crippen molar-refractivity contribution in [3.8, 4) is 0 Å². The molecule has 2 atom stereocenters. The normalized spacial score (nSPS) is 29.2. The molecule has 0 aliphatic heterocycles. The van der Waals surface area contributed by atoms with E-state index in [1.54, 1.807) is 11.3 Å². The number of hydrogen-bond donors (Lipinski definition) is 1. The van der Waals surface area contributed by atoms with E-state index in [9.17, 15) is 0 Å². The third-order valence-electron chi connectivity index (χ3n) is 3.44. The largest absolute Gasteiger partial charge is 0.308 e. The van der Waals surface area contributed by atoms with Crippen molar-refractivity contribution in [3.63, 3.8) is 0 Å². The van der Waals surface area contributed by atoms with E-state index >= 15 is 0 Å². The maximum atomic E-state index is 4.31. The highest BCUT2D eigenvalue weighted by Crippen LogP contribution is 2.38. The Balaban J connectivity index is 1.85. The Labute approximate surface area is 102 Å². The second-order valence-electron chi connectivity index (χ2n) is 5.97. The van der Waals surface area contributed by atoms with Gasteiger partial charge >= 0.3 is 0 Å². The van der Waals surface area contributed by atoms with Crippen LogP contribution in [0.25, 0.3) is 0 Å². The van der Waals surface area contributed by atoms with E-state index in [-0.39, 0.29) is 0 Å². The fraction of sp³-hybridized carbons (Fsp3) is 0.769. The average Bonchev–Trinajstić information content (AvgIpc) is 2.63. The van der Waals surface area contributed by atoms with E-state index in [2.05, 4.69) is 36.5 Å². The van der Waals surface area contributed by atoms with Gasteiger partial charge in [-0.25, -0.2) is 4.98 Å². The Morgan fingerprint density at radius 2 is 2.31 bits per heavy atom. The van der Waals surface area contributed by atoms with Crippen LogP contribution in [0.1, 0.15) is 45.7 Å². The Bertz CT molecular complexity index is 319. The van der Waals surface area contributed by atoms with Crippen molar-refractivity contribution in [2.75, 3.05) is 0 Å². The zero-order valence-electron chi connectivity index (χ0n) is 10.5. The van der Waals surface area contributed by atoms with E-state index < -0.39 is 0 Å². The lowest BCUT2D eigenvalue weighted by Gasteiger charge is -2.39. The Hall–Kier alpha value is -0.410. The predicted molar refractivity (Wildman–Crippen MR) is 69.5 cm³/mol. The molecule has 1 aliphatic rings. The highest BCUT2D eigenvalue weighted by atomic mass is 32.1. The highest BCUT2D eigenvalue weighted by Gasteiger charge is 2.31.